The molecule has 0 N–H and O–H groups in total. The van der Waals surface area contributed by atoms with Gasteiger partial charge in [-0.05, 0) is 50.6 Å². The molecule has 0 aliphatic carbocycles. The molecule has 0 atom stereocenters. The molecule has 0 bridgehead atoms. The summed E-state index contributed by atoms with van der Waals surface area (Å²) in [6.45, 7) is 4.09. The van der Waals surface area contributed by atoms with E-state index >= 15 is 0 Å². The van der Waals surface area contributed by atoms with Crippen LogP contribution in [-0.4, -0.2) is 45.7 Å². The Kier molecular flexibility index (Phi) is 8.26. The van der Waals surface area contributed by atoms with Crippen molar-refractivity contribution in [1.82, 2.24) is 19.5 Å². The summed E-state index contributed by atoms with van der Waals surface area (Å²) in [4.78, 5) is 10.7. The minimum atomic E-state index is 0. The fourth-order valence-electron chi connectivity index (χ4n) is 3.48. The second kappa shape index (κ2) is 10.7. The molecule has 158 valence electrons. The van der Waals surface area contributed by atoms with Gasteiger partial charge in [-0.1, -0.05) is 18.6 Å². The van der Waals surface area contributed by atoms with Crippen molar-refractivity contribution in [3.63, 3.8) is 0 Å². The highest BCUT2D eigenvalue weighted by atomic mass is 19.3. The quantitative estimate of drug-likeness (QED) is 0.546. The van der Waals surface area contributed by atoms with Crippen LogP contribution in [0.15, 0.2) is 42.6 Å². The van der Waals surface area contributed by atoms with E-state index in [1.807, 2.05) is 18.2 Å². The molecule has 2 aromatic heterocycles. The third kappa shape index (κ3) is 5.38. The standard InChI is InChI=1S/C20H23FN4O2.2FH/c21-27-17-7-4-6-16(14-17)18-15-22-19-8-9-20(23-25(18)19)26-13-5-12-24-10-2-1-3-11-24;;/h4,6-9,14-15H,1-3,5,10-13H2;2*1H. The summed E-state index contributed by atoms with van der Waals surface area (Å²) < 4.78 is 20.0. The number of ether oxygens (including phenoxy) is 1. The van der Waals surface area contributed by atoms with Crippen LogP contribution in [-0.2, 0) is 0 Å². The lowest BCUT2D eigenvalue weighted by molar-refractivity contribution is -0.00614. The van der Waals surface area contributed by atoms with Gasteiger partial charge < -0.3 is 9.64 Å². The molecule has 0 radical (unpaired) electrons. The summed E-state index contributed by atoms with van der Waals surface area (Å²) in [5, 5.41) is 4.54. The number of nitrogens with zero attached hydrogens (tertiary/aromatic N) is 4. The first-order valence-electron chi connectivity index (χ1n) is 9.42. The van der Waals surface area contributed by atoms with Gasteiger partial charge in [-0.3, -0.25) is 14.4 Å². The molecule has 1 fully saturated rings. The normalized spacial score (nSPS) is 14.1. The van der Waals surface area contributed by atoms with Gasteiger partial charge >= 0.3 is 0 Å². The molecule has 1 aliphatic rings. The van der Waals surface area contributed by atoms with Gasteiger partial charge in [0.1, 0.15) is 0 Å². The third-order valence-corrected chi connectivity index (χ3v) is 4.87. The molecule has 3 heterocycles. The van der Waals surface area contributed by atoms with Crippen LogP contribution in [0.5, 0.6) is 11.6 Å². The topological polar surface area (TPSA) is 51.9 Å². The monoisotopic (exact) mass is 410 g/mol. The molecular weight excluding hydrogens is 385 g/mol. The number of benzene rings is 1. The molecular formula is C20H25F3N4O2. The molecule has 29 heavy (non-hydrogen) atoms. The van der Waals surface area contributed by atoms with Crippen molar-refractivity contribution >= 4 is 5.65 Å². The Morgan fingerprint density at radius 1 is 1.03 bits per heavy atom. The summed E-state index contributed by atoms with van der Waals surface area (Å²) in [7, 11) is 0. The smallest absolute Gasteiger partial charge is 0.231 e. The van der Waals surface area contributed by atoms with Crippen LogP contribution >= 0.6 is 0 Å². The van der Waals surface area contributed by atoms with Crippen molar-refractivity contribution in [2.45, 2.75) is 25.7 Å². The van der Waals surface area contributed by atoms with E-state index in [0.717, 1.165) is 24.2 Å². The van der Waals surface area contributed by atoms with Gasteiger partial charge in [0.15, 0.2) is 11.4 Å². The maximum Gasteiger partial charge on any atom is 0.231 e. The largest absolute Gasteiger partial charge is 0.477 e. The van der Waals surface area contributed by atoms with E-state index in [1.165, 1.54) is 32.4 Å². The first kappa shape index (κ1) is 22.5. The molecule has 6 nitrogen and oxygen atoms in total. The summed E-state index contributed by atoms with van der Waals surface area (Å²) >= 11 is 0. The minimum absolute atomic E-state index is 0. The molecule has 0 amide bonds. The zero-order valence-corrected chi connectivity index (χ0v) is 16.0. The summed E-state index contributed by atoms with van der Waals surface area (Å²) in [6, 6.07) is 10.4. The fourth-order valence-corrected chi connectivity index (χ4v) is 3.48. The van der Waals surface area contributed by atoms with E-state index in [0.29, 0.717) is 18.1 Å². The second-order valence-electron chi connectivity index (χ2n) is 6.79. The van der Waals surface area contributed by atoms with E-state index in [9.17, 15) is 4.53 Å². The number of hydrogen-bond donors (Lipinski definition) is 0. The average molecular weight is 410 g/mol. The zero-order valence-electron chi connectivity index (χ0n) is 16.0. The van der Waals surface area contributed by atoms with Crippen LogP contribution in [0.4, 0.5) is 13.9 Å². The lowest BCUT2D eigenvalue weighted by Gasteiger charge is -2.26. The average Bonchev–Trinajstić information content (AvgIpc) is 3.15. The number of imidazole rings is 1. The number of aromatic nitrogens is 3. The second-order valence-corrected chi connectivity index (χ2v) is 6.79. The Bertz CT molecular complexity index is 900. The van der Waals surface area contributed by atoms with E-state index in [4.69, 9.17) is 4.74 Å². The van der Waals surface area contributed by atoms with Gasteiger partial charge in [-0.15, -0.1) is 5.10 Å². The first-order chi connectivity index (χ1) is 13.3. The minimum Gasteiger partial charge on any atom is -0.477 e. The van der Waals surface area contributed by atoms with E-state index in [-0.39, 0.29) is 15.2 Å². The van der Waals surface area contributed by atoms with Crippen molar-refractivity contribution in [2.24, 2.45) is 0 Å². The highest BCUT2D eigenvalue weighted by Gasteiger charge is 2.11. The molecule has 1 aliphatic heterocycles. The number of hydrogen-bond acceptors (Lipinski definition) is 5. The predicted molar refractivity (Wildman–Crippen MR) is 106 cm³/mol. The van der Waals surface area contributed by atoms with Crippen molar-refractivity contribution < 1.29 is 23.6 Å². The molecule has 1 saturated heterocycles. The highest BCUT2D eigenvalue weighted by Crippen LogP contribution is 2.25. The Balaban J connectivity index is 0.00000150. The number of rotatable bonds is 7. The van der Waals surface area contributed by atoms with Crippen molar-refractivity contribution in [1.29, 1.82) is 0 Å². The number of fused-ring (bicyclic) bond motifs is 1. The van der Waals surface area contributed by atoms with Crippen molar-refractivity contribution in [3.05, 3.63) is 42.6 Å². The predicted octanol–water partition coefficient (Wildman–Crippen LogP) is 4.22. The fraction of sp³-hybridized carbons (Fsp3) is 0.400. The first-order valence-corrected chi connectivity index (χ1v) is 9.42. The maximum absolute atomic E-state index is 12.5. The van der Waals surface area contributed by atoms with Crippen molar-refractivity contribution in [2.75, 3.05) is 26.2 Å². The lowest BCUT2D eigenvalue weighted by atomic mass is 10.1. The molecule has 4 rings (SSSR count). The van der Waals surface area contributed by atoms with Gasteiger partial charge in [-0.25, -0.2) is 9.50 Å². The van der Waals surface area contributed by atoms with Crippen LogP contribution < -0.4 is 9.68 Å². The Labute approximate surface area is 166 Å². The van der Waals surface area contributed by atoms with E-state index < -0.39 is 0 Å². The zero-order chi connectivity index (χ0) is 18.5. The molecule has 0 saturated carbocycles. The molecule has 0 unspecified atom stereocenters. The van der Waals surface area contributed by atoms with Crippen LogP contribution in [0.25, 0.3) is 16.9 Å². The lowest BCUT2D eigenvalue weighted by Crippen LogP contribution is -2.31. The molecule has 3 aromatic rings. The van der Waals surface area contributed by atoms with E-state index in [1.54, 1.807) is 28.9 Å². The van der Waals surface area contributed by atoms with Crippen LogP contribution in [0.2, 0.25) is 0 Å². The van der Waals surface area contributed by atoms with Gasteiger partial charge in [0.05, 0.1) is 18.5 Å². The number of piperidine rings is 1. The number of likely N-dealkylation sites (tertiary alicyclic amines) is 1. The van der Waals surface area contributed by atoms with E-state index in [2.05, 4.69) is 19.9 Å². The van der Waals surface area contributed by atoms with Gasteiger partial charge in [-0.2, -0.15) is 0 Å². The van der Waals surface area contributed by atoms with Gasteiger partial charge in [0.2, 0.25) is 5.88 Å². The Hall–Kier alpha value is -2.81. The summed E-state index contributed by atoms with van der Waals surface area (Å²) in [6.07, 6.45) is 6.64. The van der Waals surface area contributed by atoms with Crippen LogP contribution in [0.3, 0.4) is 0 Å². The van der Waals surface area contributed by atoms with Crippen LogP contribution in [0.1, 0.15) is 25.7 Å². The SMILES string of the molecule is F.F.FOc1cccc(-c2cnc3ccc(OCCCN4CCCCC4)nn23)c1. The Morgan fingerprint density at radius 3 is 2.66 bits per heavy atom. The van der Waals surface area contributed by atoms with Crippen molar-refractivity contribution in [3.8, 4) is 22.9 Å². The third-order valence-electron chi connectivity index (χ3n) is 4.87. The maximum atomic E-state index is 12.5. The highest BCUT2D eigenvalue weighted by molar-refractivity contribution is 5.64. The molecule has 9 heteroatoms. The summed E-state index contributed by atoms with van der Waals surface area (Å²) in [5.41, 5.74) is 2.23. The molecule has 0 spiro atoms. The van der Waals surface area contributed by atoms with Gasteiger partial charge in [0.25, 0.3) is 0 Å². The van der Waals surface area contributed by atoms with Gasteiger partial charge in [0, 0.05) is 22.7 Å². The Morgan fingerprint density at radius 2 is 1.86 bits per heavy atom. The number of halogens is 3. The summed E-state index contributed by atoms with van der Waals surface area (Å²) in [5.74, 6) is 0.700. The van der Waals surface area contributed by atoms with Crippen LogP contribution in [0, 0.1) is 0 Å². The molecule has 1 aromatic carbocycles.